The van der Waals surface area contributed by atoms with Crippen molar-refractivity contribution in [2.45, 2.75) is 37.1 Å². The van der Waals surface area contributed by atoms with Crippen LogP contribution in [0.25, 0.3) is 0 Å². The zero-order valence-corrected chi connectivity index (χ0v) is 27.4. The van der Waals surface area contributed by atoms with Crippen molar-refractivity contribution in [1.82, 2.24) is 9.88 Å². The fourth-order valence-corrected chi connectivity index (χ4v) is 5.74. The molecule has 6 N–H and O–H groups in total. The van der Waals surface area contributed by atoms with Crippen LogP contribution in [0.1, 0.15) is 27.3 Å². The first kappa shape index (κ1) is 34.5. The highest BCUT2D eigenvalue weighted by molar-refractivity contribution is 9.10. The van der Waals surface area contributed by atoms with Gasteiger partial charge in [-0.05, 0) is 68.5 Å². The van der Waals surface area contributed by atoms with Crippen molar-refractivity contribution in [3.05, 3.63) is 75.5 Å². The van der Waals surface area contributed by atoms with Gasteiger partial charge in [0.1, 0.15) is 35.4 Å². The highest BCUT2D eigenvalue weighted by Crippen LogP contribution is 2.39. The Morgan fingerprint density at radius 1 is 0.957 bits per heavy atom. The van der Waals surface area contributed by atoms with Crippen LogP contribution in [-0.2, 0) is 9.53 Å². The molecule has 3 aromatic rings. The summed E-state index contributed by atoms with van der Waals surface area (Å²) in [4.78, 5) is 46.9. The number of hydrogen-bond donors (Lipinski definition) is 6. The number of carbonyl (C=O) groups is 3. The van der Waals surface area contributed by atoms with Crippen LogP contribution in [0.5, 0.6) is 5.75 Å². The number of halogens is 2. The van der Waals surface area contributed by atoms with E-state index in [0.29, 0.717) is 9.50 Å². The number of aliphatic hydroxyl groups is 3. The van der Waals surface area contributed by atoms with Gasteiger partial charge < -0.3 is 50.3 Å². The van der Waals surface area contributed by atoms with E-state index in [0.717, 1.165) is 38.3 Å². The molecule has 1 aromatic heterocycles. The van der Waals surface area contributed by atoms with E-state index in [1.807, 2.05) is 12.1 Å². The number of aliphatic carboxylic acids is 1. The molecular weight excluding hydrogens is 702 g/mol. The lowest BCUT2D eigenvalue weighted by Crippen LogP contribution is -2.61. The predicted molar refractivity (Wildman–Crippen MR) is 175 cm³/mol. The zero-order valence-electron chi connectivity index (χ0n) is 25.0. The summed E-state index contributed by atoms with van der Waals surface area (Å²) in [5.41, 5.74) is 1.21. The summed E-state index contributed by atoms with van der Waals surface area (Å²) in [6.45, 7) is 3.64. The van der Waals surface area contributed by atoms with E-state index in [1.54, 1.807) is 12.1 Å². The second kappa shape index (κ2) is 14.9. The number of amides is 2. The summed E-state index contributed by atoms with van der Waals surface area (Å²) in [7, 11) is 2.08. The molecule has 250 valence electrons. The third-order valence-electron chi connectivity index (χ3n) is 7.78. The van der Waals surface area contributed by atoms with Crippen molar-refractivity contribution in [1.29, 1.82) is 0 Å². The number of anilines is 3. The summed E-state index contributed by atoms with van der Waals surface area (Å²) in [5, 5.41) is 46.2. The van der Waals surface area contributed by atoms with Gasteiger partial charge in [-0.3, -0.25) is 9.59 Å². The molecule has 16 heteroatoms. The number of nitrogens with one attached hydrogen (secondary N) is 2. The normalized spacial score (nSPS) is 23.4. The fraction of sp³-hybridized carbons (Fsp3) is 0.355. The standard InChI is InChI=1S/C31H33BrClN5O9/c1-37-9-2-10-38(12-11-37)19-6-3-16(4-7-19)28(42)36-23-21(35-29(43)20-8-5-18(33)15-34-20)13-17(32)14-22(23)46-31-26(41)24(39)25(40)27(47-31)30(44)45/h3-8,13-15,24-27,31,39-41H,2,9-12H2,1H3,(H,35,43)(H,36,42)(H,44,45)/t24-,25-,26+,27-,31+/m0/s1. The van der Waals surface area contributed by atoms with Crippen LogP contribution >= 0.6 is 27.5 Å². The van der Waals surface area contributed by atoms with Gasteiger partial charge in [-0.1, -0.05) is 27.5 Å². The topological polar surface area (TPSA) is 194 Å². The number of aliphatic hydroxyl groups excluding tert-OH is 3. The number of aromatic nitrogens is 1. The van der Waals surface area contributed by atoms with Gasteiger partial charge in [0.05, 0.1) is 10.7 Å². The molecule has 0 unspecified atom stereocenters. The largest absolute Gasteiger partial charge is 0.479 e. The van der Waals surface area contributed by atoms with Crippen LogP contribution in [0.15, 0.2) is 59.2 Å². The molecule has 14 nitrogen and oxygen atoms in total. The lowest BCUT2D eigenvalue weighted by molar-refractivity contribution is -0.271. The first-order chi connectivity index (χ1) is 22.4. The van der Waals surface area contributed by atoms with Gasteiger partial charge >= 0.3 is 5.97 Å². The number of benzene rings is 2. The van der Waals surface area contributed by atoms with Crippen LogP contribution in [-0.4, -0.2) is 112 Å². The van der Waals surface area contributed by atoms with E-state index >= 15 is 0 Å². The second-order valence-corrected chi connectivity index (χ2v) is 12.5. The number of hydrogen-bond acceptors (Lipinski definition) is 11. The molecule has 2 fully saturated rings. The molecule has 5 rings (SSSR count). The number of ether oxygens (including phenoxy) is 2. The number of likely N-dealkylation sites (N-methyl/N-ethyl adjacent to an activating group) is 1. The van der Waals surface area contributed by atoms with E-state index in [2.05, 4.69) is 48.4 Å². The summed E-state index contributed by atoms with van der Waals surface area (Å²) in [5.74, 6) is -3.01. The molecule has 2 amide bonds. The predicted octanol–water partition coefficient (Wildman–Crippen LogP) is 2.42. The summed E-state index contributed by atoms with van der Waals surface area (Å²) in [6, 6.07) is 12.8. The van der Waals surface area contributed by atoms with Crippen molar-refractivity contribution in [2.75, 3.05) is 48.8 Å². The number of carboxylic acids is 1. The van der Waals surface area contributed by atoms with Gasteiger partial charge in [0, 0.05) is 41.6 Å². The minimum Gasteiger partial charge on any atom is -0.479 e. The number of nitrogens with zero attached hydrogens (tertiary/aromatic N) is 3. The highest BCUT2D eigenvalue weighted by Gasteiger charge is 2.48. The van der Waals surface area contributed by atoms with Crippen molar-refractivity contribution < 1.29 is 44.3 Å². The summed E-state index contributed by atoms with van der Waals surface area (Å²) in [6.07, 6.45) is -7.18. The first-order valence-electron chi connectivity index (χ1n) is 14.6. The maximum absolute atomic E-state index is 13.6. The maximum atomic E-state index is 13.6. The van der Waals surface area contributed by atoms with E-state index in [1.165, 1.54) is 30.5 Å². The number of carboxylic acid groups (broad SMARTS) is 1. The van der Waals surface area contributed by atoms with E-state index < -0.39 is 48.5 Å². The Morgan fingerprint density at radius 2 is 1.70 bits per heavy atom. The third-order valence-corrected chi connectivity index (χ3v) is 8.47. The fourth-order valence-electron chi connectivity index (χ4n) is 5.19. The number of pyridine rings is 1. The maximum Gasteiger partial charge on any atom is 0.335 e. The van der Waals surface area contributed by atoms with Crippen molar-refractivity contribution in [2.24, 2.45) is 0 Å². The Hall–Kier alpha value is -3.83. The van der Waals surface area contributed by atoms with Crippen LogP contribution in [0.3, 0.4) is 0 Å². The van der Waals surface area contributed by atoms with E-state index in [9.17, 15) is 34.8 Å². The van der Waals surface area contributed by atoms with Crippen molar-refractivity contribution in [3.63, 3.8) is 0 Å². The minimum absolute atomic E-state index is 0.0110. The molecule has 0 radical (unpaired) electrons. The third kappa shape index (κ3) is 8.19. The average Bonchev–Trinajstić information content (AvgIpc) is 3.27. The average molecular weight is 735 g/mol. The molecule has 0 aliphatic carbocycles. The Kier molecular flexibility index (Phi) is 11.0. The molecule has 47 heavy (non-hydrogen) atoms. The molecule has 2 aliphatic rings. The van der Waals surface area contributed by atoms with Gasteiger partial charge in [0.2, 0.25) is 6.29 Å². The molecule has 0 saturated carbocycles. The number of carbonyl (C=O) groups excluding carboxylic acids is 2. The van der Waals surface area contributed by atoms with Crippen LogP contribution in [0, 0.1) is 0 Å². The Labute approximate surface area is 283 Å². The minimum atomic E-state index is -1.94. The van der Waals surface area contributed by atoms with Gasteiger partial charge in [-0.15, -0.1) is 0 Å². The van der Waals surface area contributed by atoms with Gasteiger partial charge in [-0.25, -0.2) is 9.78 Å². The van der Waals surface area contributed by atoms with Crippen LogP contribution in [0.4, 0.5) is 17.1 Å². The van der Waals surface area contributed by atoms with Gasteiger partial charge in [0.25, 0.3) is 11.8 Å². The Balaban J connectivity index is 1.46. The number of rotatable bonds is 8. The molecule has 0 bridgehead atoms. The Bertz CT molecular complexity index is 1610. The molecule has 3 heterocycles. The highest BCUT2D eigenvalue weighted by atomic mass is 79.9. The molecule has 2 aromatic carbocycles. The monoisotopic (exact) mass is 733 g/mol. The first-order valence-corrected chi connectivity index (χ1v) is 15.8. The molecule has 0 spiro atoms. The van der Waals surface area contributed by atoms with Crippen LogP contribution in [0.2, 0.25) is 5.02 Å². The second-order valence-electron chi connectivity index (χ2n) is 11.1. The van der Waals surface area contributed by atoms with Crippen LogP contribution < -0.4 is 20.3 Å². The van der Waals surface area contributed by atoms with Gasteiger partial charge in [0.15, 0.2) is 6.10 Å². The quantitative estimate of drug-likeness (QED) is 0.198. The van der Waals surface area contributed by atoms with Gasteiger partial charge in [-0.2, -0.15) is 0 Å². The lowest BCUT2D eigenvalue weighted by atomic mass is 9.99. The molecule has 5 atom stereocenters. The lowest BCUT2D eigenvalue weighted by Gasteiger charge is -2.38. The molecule has 2 aliphatic heterocycles. The Morgan fingerprint density at radius 3 is 2.38 bits per heavy atom. The van der Waals surface area contributed by atoms with E-state index in [-0.39, 0.29) is 28.4 Å². The zero-order chi connectivity index (χ0) is 33.8. The SMILES string of the molecule is CN1CCCN(c2ccc(C(=O)Nc3c(NC(=O)c4ccc(Cl)cn4)cc(Br)cc3O[C@@H]3O[C@H](C(=O)O)[C@@H](O)[C@H](O)[C@H]3O)cc2)CC1. The smallest absolute Gasteiger partial charge is 0.335 e. The molecular formula is C31H33BrClN5O9. The van der Waals surface area contributed by atoms with Crippen molar-refractivity contribution >= 4 is 62.4 Å². The van der Waals surface area contributed by atoms with E-state index in [4.69, 9.17) is 21.1 Å². The summed E-state index contributed by atoms with van der Waals surface area (Å²) >= 11 is 9.24. The molecule has 2 saturated heterocycles. The van der Waals surface area contributed by atoms with Crippen molar-refractivity contribution in [3.8, 4) is 5.75 Å². The summed E-state index contributed by atoms with van der Waals surface area (Å²) < 4.78 is 11.5.